The monoisotopic (exact) mass is 269 g/mol. The zero-order chi connectivity index (χ0) is 10.3. The van der Waals surface area contributed by atoms with Gasteiger partial charge in [0.05, 0.1) is 0 Å². The average molecular weight is 270 g/mol. The lowest BCUT2D eigenvalue weighted by molar-refractivity contribution is 0.445. The van der Waals surface area contributed by atoms with E-state index in [0.717, 1.165) is 6.54 Å². The minimum absolute atomic E-state index is 0. The van der Waals surface area contributed by atoms with Crippen LogP contribution in [0.3, 0.4) is 0 Å². The fraction of sp³-hybridized carbons (Fsp3) is 0.538. The first-order valence-corrected chi connectivity index (χ1v) is 5.45. The standard InChI is InChI=1S/C13H19N.BrH/c1-5-14-10(2)13(3,4)11-8-6-7-9-12(11)14;/h6-10H,5H2,1-4H3;1H. The summed E-state index contributed by atoms with van der Waals surface area (Å²) in [7, 11) is 0. The van der Waals surface area contributed by atoms with Crippen LogP contribution in [0.4, 0.5) is 5.69 Å². The minimum atomic E-state index is 0. The number of para-hydroxylation sites is 1. The van der Waals surface area contributed by atoms with Gasteiger partial charge in [0, 0.05) is 23.7 Å². The Bertz CT molecular complexity index is 346. The molecule has 0 N–H and O–H groups in total. The van der Waals surface area contributed by atoms with Gasteiger partial charge in [-0.15, -0.1) is 17.0 Å². The van der Waals surface area contributed by atoms with E-state index in [1.54, 1.807) is 0 Å². The van der Waals surface area contributed by atoms with Crippen molar-refractivity contribution in [2.75, 3.05) is 11.4 Å². The number of benzene rings is 1. The summed E-state index contributed by atoms with van der Waals surface area (Å²) in [6, 6.07) is 9.39. The van der Waals surface area contributed by atoms with Gasteiger partial charge in [-0.1, -0.05) is 32.0 Å². The highest BCUT2D eigenvalue weighted by Crippen LogP contribution is 2.44. The molecule has 1 aliphatic rings. The predicted molar refractivity (Wildman–Crippen MR) is 72.3 cm³/mol. The molecular formula is C13H20BrN. The molecule has 0 amide bonds. The minimum Gasteiger partial charge on any atom is -0.368 e. The Morgan fingerprint density at radius 2 is 1.87 bits per heavy atom. The molecule has 0 radical (unpaired) electrons. The summed E-state index contributed by atoms with van der Waals surface area (Å²) in [5, 5.41) is 0. The highest BCUT2D eigenvalue weighted by Gasteiger charge is 2.40. The second-order valence-electron chi connectivity index (χ2n) is 4.70. The highest BCUT2D eigenvalue weighted by atomic mass is 79.9. The largest absolute Gasteiger partial charge is 0.368 e. The molecule has 0 spiro atoms. The number of fused-ring (bicyclic) bond motifs is 1. The van der Waals surface area contributed by atoms with Gasteiger partial charge in [-0.3, -0.25) is 0 Å². The molecule has 0 aliphatic carbocycles. The molecule has 0 fully saturated rings. The van der Waals surface area contributed by atoms with E-state index < -0.39 is 0 Å². The van der Waals surface area contributed by atoms with Gasteiger partial charge >= 0.3 is 0 Å². The number of nitrogens with zero attached hydrogens (tertiary/aromatic N) is 1. The lowest BCUT2D eigenvalue weighted by Gasteiger charge is -2.30. The van der Waals surface area contributed by atoms with Crippen molar-refractivity contribution in [3.8, 4) is 0 Å². The van der Waals surface area contributed by atoms with Crippen molar-refractivity contribution in [1.29, 1.82) is 0 Å². The second-order valence-corrected chi connectivity index (χ2v) is 4.70. The van der Waals surface area contributed by atoms with E-state index in [1.807, 2.05) is 0 Å². The Morgan fingerprint density at radius 1 is 1.27 bits per heavy atom. The molecule has 1 atom stereocenters. The van der Waals surface area contributed by atoms with Crippen molar-refractivity contribution < 1.29 is 0 Å². The maximum atomic E-state index is 2.50. The molecule has 1 unspecified atom stereocenters. The lowest BCUT2D eigenvalue weighted by Crippen LogP contribution is -2.38. The highest BCUT2D eigenvalue weighted by molar-refractivity contribution is 8.93. The smallest absolute Gasteiger partial charge is 0.0407 e. The average Bonchev–Trinajstić information content (AvgIpc) is 2.37. The maximum Gasteiger partial charge on any atom is 0.0407 e. The SMILES string of the molecule is Br.CCN1c2ccccc2C(C)(C)C1C. The van der Waals surface area contributed by atoms with Crippen LogP contribution in [0.15, 0.2) is 24.3 Å². The molecule has 1 heterocycles. The van der Waals surface area contributed by atoms with Crippen LogP contribution in [0.5, 0.6) is 0 Å². The van der Waals surface area contributed by atoms with E-state index in [9.17, 15) is 0 Å². The molecule has 1 aromatic carbocycles. The van der Waals surface area contributed by atoms with Gasteiger partial charge in [0.1, 0.15) is 0 Å². The van der Waals surface area contributed by atoms with E-state index in [4.69, 9.17) is 0 Å². The number of rotatable bonds is 1. The van der Waals surface area contributed by atoms with Gasteiger partial charge < -0.3 is 4.90 Å². The molecule has 0 saturated heterocycles. The van der Waals surface area contributed by atoms with Crippen LogP contribution < -0.4 is 4.90 Å². The van der Waals surface area contributed by atoms with Crippen molar-refractivity contribution >= 4 is 22.7 Å². The topological polar surface area (TPSA) is 3.24 Å². The van der Waals surface area contributed by atoms with Gasteiger partial charge in [0.25, 0.3) is 0 Å². The van der Waals surface area contributed by atoms with E-state index in [0.29, 0.717) is 6.04 Å². The first-order chi connectivity index (χ1) is 6.59. The molecule has 0 saturated carbocycles. The molecule has 0 aromatic heterocycles. The lowest BCUT2D eigenvalue weighted by atomic mass is 9.81. The zero-order valence-electron chi connectivity index (χ0n) is 9.95. The summed E-state index contributed by atoms with van der Waals surface area (Å²) >= 11 is 0. The van der Waals surface area contributed by atoms with Crippen LogP contribution in [-0.2, 0) is 5.41 Å². The van der Waals surface area contributed by atoms with Gasteiger partial charge in [0.2, 0.25) is 0 Å². The Morgan fingerprint density at radius 3 is 2.47 bits per heavy atom. The Hall–Kier alpha value is -0.500. The summed E-state index contributed by atoms with van der Waals surface area (Å²) in [6.45, 7) is 10.3. The molecule has 84 valence electrons. The van der Waals surface area contributed by atoms with Crippen LogP contribution in [0.2, 0.25) is 0 Å². The summed E-state index contributed by atoms with van der Waals surface area (Å²) in [4.78, 5) is 2.50. The number of hydrogen-bond acceptors (Lipinski definition) is 1. The molecule has 2 heteroatoms. The fourth-order valence-corrected chi connectivity index (χ4v) is 2.54. The van der Waals surface area contributed by atoms with Crippen LogP contribution in [0, 0.1) is 0 Å². The third-order valence-corrected chi connectivity index (χ3v) is 3.76. The van der Waals surface area contributed by atoms with Crippen LogP contribution >= 0.6 is 17.0 Å². The summed E-state index contributed by atoms with van der Waals surface area (Å²) in [5.74, 6) is 0. The quantitative estimate of drug-likeness (QED) is 0.750. The second kappa shape index (κ2) is 4.17. The number of likely N-dealkylation sites (N-methyl/N-ethyl adjacent to an activating group) is 1. The van der Waals surface area contributed by atoms with Crippen molar-refractivity contribution in [3.63, 3.8) is 0 Å². The fourth-order valence-electron chi connectivity index (χ4n) is 2.54. The van der Waals surface area contributed by atoms with Gasteiger partial charge in [0.15, 0.2) is 0 Å². The number of halogens is 1. The Kier molecular flexibility index (Phi) is 3.49. The first kappa shape index (κ1) is 12.6. The first-order valence-electron chi connectivity index (χ1n) is 5.45. The van der Waals surface area contributed by atoms with E-state index in [2.05, 4.69) is 56.9 Å². The molecule has 1 nitrogen and oxygen atoms in total. The van der Waals surface area contributed by atoms with E-state index in [1.165, 1.54) is 11.3 Å². The summed E-state index contributed by atoms with van der Waals surface area (Å²) < 4.78 is 0. The molecule has 1 aliphatic heterocycles. The molecule has 0 bridgehead atoms. The van der Waals surface area contributed by atoms with Crippen LogP contribution in [-0.4, -0.2) is 12.6 Å². The zero-order valence-corrected chi connectivity index (χ0v) is 11.7. The Labute approximate surface area is 103 Å². The van der Waals surface area contributed by atoms with Crippen LogP contribution in [0.25, 0.3) is 0 Å². The molecule has 15 heavy (non-hydrogen) atoms. The Balaban J connectivity index is 0.00000112. The summed E-state index contributed by atoms with van der Waals surface area (Å²) in [5.41, 5.74) is 3.20. The normalized spacial score (nSPS) is 22.1. The van der Waals surface area contributed by atoms with E-state index in [-0.39, 0.29) is 22.4 Å². The van der Waals surface area contributed by atoms with Crippen molar-refractivity contribution in [1.82, 2.24) is 0 Å². The molecule has 1 aromatic rings. The summed E-state index contributed by atoms with van der Waals surface area (Å²) in [6.07, 6.45) is 0. The van der Waals surface area contributed by atoms with Crippen molar-refractivity contribution in [2.24, 2.45) is 0 Å². The third-order valence-electron chi connectivity index (χ3n) is 3.76. The van der Waals surface area contributed by atoms with Gasteiger partial charge in [-0.25, -0.2) is 0 Å². The van der Waals surface area contributed by atoms with Crippen molar-refractivity contribution in [3.05, 3.63) is 29.8 Å². The van der Waals surface area contributed by atoms with Gasteiger partial charge in [-0.05, 0) is 25.5 Å². The maximum absolute atomic E-state index is 2.50. The molecular weight excluding hydrogens is 250 g/mol. The van der Waals surface area contributed by atoms with Gasteiger partial charge in [-0.2, -0.15) is 0 Å². The number of anilines is 1. The predicted octanol–water partition coefficient (Wildman–Crippen LogP) is 3.77. The van der Waals surface area contributed by atoms with Crippen LogP contribution in [0.1, 0.15) is 33.3 Å². The van der Waals surface area contributed by atoms with Crippen molar-refractivity contribution in [2.45, 2.75) is 39.2 Å². The third kappa shape index (κ3) is 1.69. The number of hydrogen-bond donors (Lipinski definition) is 0. The van der Waals surface area contributed by atoms with E-state index >= 15 is 0 Å². The molecule has 2 rings (SSSR count).